The third-order valence-corrected chi connectivity index (χ3v) is 5.73. The second kappa shape index (κ2) is 7.15. The van der Waals surface area contributed by atoms with E-state index in [4.69, 9.17) is 11.6 Å². The van der Waals surface area contributed by atoms with Gasteiger partial charge < -0.3 is 10.3 Å². The molecule has 0 bridgehead atoms. The fourth-order valence-corrected chi connectivity index (χ4v) is 3.93. The molecule has 2 N–H and O–H groups in total. The van der Waals surface area contributed by atoms with Crippen molar-refractivity contribution in [2.75, 3.05) is 6.54 Å². The monoisotopic (exact) mass is 408 g/mol. The fourth-order valence-electron chi connectivity index (χ4n) is 3.64. The van der Waals surface area contributed by atoms with Gasteiger partial charge in [-0.25, -0.2) is 4.98 Å². The van der Waals surface area contributed by atoms with Gasteiger partial charge in [-0.3, -0.25) is 9.20 Å². The zero-order chi connectivity index (χ0) is 20.0. The highest BCUT2D eigenvalue weighted by molar-refractivity contribution is 6.32. The number of aryl methyl sites for hydroxylation is 1. The van der Waals surface area contributed by atoms with Gasteiger partial charge in [0.25, 0.3) is 5.91 Å². The van der Waals surface area contributed by atoms with Crippen LogP contribution >= 0.6 is 11.6 Å². The lowest BCUT2D eigenvalue weighted by atomic mass is 10.1. The molecule has 1 amide bonds. The zero-order valence-corrected chi connectivity index (χ0v) is 16.8. The number of carbonyl (C=O) groups is 1. The van der Waals surface area contributed by atoms with E-state index in [0.29, 0.717) is 30.1 Å². The number of benzene rings is 1. The number of rotatable bonds is 6. The molecule has 1 fully saturated rings. The Balaban J connectivity index is 1.29. The number of carbonyl (C=O) groups excluding carboxylic acids is 1. The van der Waals surface area contributed by atoms with Gasteiger partial charge in [-0.15, -0.1) is 10.2 Å². The number of fused-ring (bicyclic) bond motifs is 2. The van der Waals surface area contributed by atoms with E-state index in [1.54, 1.807) is 6.07 Å². The van der Waals surface area contributed by atoms with Crippen molar-refractivity contribution in [1.82, 2.24) is 29.9 Å². The van der Waals surface area contributed by atoms with Crippen LogP contribution in [0.1, 0.15) is 53.3 Å². The minimum Gasteiger partial charge on any atom is -0.351 e. The summed E-state index contributed by atoms with van der Waals surface area (Å²) in [6.45, 7) is 2.54. The average molecular weight is 409 g/mol. The SMILES string of the molecule is CCc1cc2[nH]c(CCNC(=O)c3cccn4c(C5CC5)nnc34)nc2cc1Cl. The number of aromatic nitrogens is 5. The first kappa shape index (κ1) is 18.1. The molecule has 5 rings (SSSR count). The standard InChI is InChI=1S/C21H21ClN6O/c1-2-12-10-16-17(11-15(12)22)25-18(24-16)7-8-23-21(29)14-4-3-9-28-19(13-5-6-13)26-27-20(14)28/h3-4,9-11,13H,2,5-8H2,1H3,(H,23,29)(H,24,25). The van der Waals surface area contributed by atoms with Crippen molar-refractivity contribution in [2.45, 2.75) is 38.5 Å². The van der Waals surface area contributed by atoms with E-state index in [0.717, 1.165) is 52.5 Å². The number of H-pyrrole nitrogens is 1. The summed E-state index contributed by atoms with van der Waals surface area (Å²) >= 11 is 6.28. The molecule has 4 aromatic rings. The highest BCUT2D eigenvalue weighted by Crippen LogP contribution is 2.39. The molecule has 1 aliphatic rings. The van der Waals surface area contributed by atoms with Crippen LogP contribution in [0.5, 0.6) is 0 Å². The Labute approximate surface area is 172 Å². The smallest absolute Gasteiger partial charge is 0.255 e. The minimum absolute atomic E-state index is 0.155. The average Bonchev–Trinajstić information content (AvgIpc) is 3.35. The number of hydrogen-bond acceptors (Lipinski definition) is 4. The Hall–Kier alpha value is -2.93. The summed E-state index contributed by atoms with van der Waals surface area (Å²) in [5.74, 6) is 2.08. The van der Waals surface area contributed by atoms with Gasteiger partial charge in [-0.1, -0.05) is 18.5 Å². The Bertz CT molecular complexity index is 1220. The van der Waals surface area contributed by atoms with Crippen LogP contribution in [0.4, 0.5) is 0 Å². The van der Waals surface area contributed by atoms with Crippen LogP contribution in [0.25, 0.3) is 16.7 Å². The molecule has 1 aromatic carbocycles. The first-order valence-corrected chi connectivity index (χ1v) is 10.3. The van der Waals surface area contributed by atoms with E-state index in [9.17, 15) is 4.79 Å². The Kier molecular flexibility index (Phi) is 4.47. The van der Waals surface area contributed by atoms with Crippen LogP contribution in [-0.2, 0) is 12.8 Å². The number of nitrogens with zero attached hydrogens (tertiary/aromatic N) is 4. The summed E-state index contributed by atoms with van der Waals surface area (Å²) in [5.41, 5.74) is 4.05. The Morgan fingerprint density at radius 2 is 2.21 bits per heavy atom. The lowest BCUT2D eigenvalue weighted by Crippen LogP contribution is -2.26. The van der Waals surface area contributed by atoms with Crippen molar-refractivity contribution in [2.24, 2.45) is 0 Å². The third kappa shape index (κ3) is 3.35. The second-order valence-corrected chi connectivity index (χ2v) is 7.86. The quantitative estimate of drug-likeness (QED) is 0.509. The first-order chi connectivity index (χ1) is 14.1. The predicted octanol–water partition coefficient (Wildman–Crippen LogP) is 3.67. The van der Waals surface area contributed by atoms with Gasteiger partial charge in [-0.05, 0) is 49.1 Å². The van der Waals surface area contributed by atoms with Crippen molar-refractivity contribution >= 4 is 34.2 Å². The van der Waals surface area contributed by atoms with Crippen molar-refractivity contribution in [3.8, 4) is 0 Å². The van der Waals surface area contributed by atoms with Crippen LogP contribution in [-0.4, -0.2) is 37.0 Å². The first-order valence-electron chi connectivity index (χ1n) is 9.93. The van der Waals surface area contributed by atoms with Gasteiger partial charge in [0.05, 0.1) is 16.6 Å². The number of pyridine rings is 1. The van der Waals surface area contributed by atoms with Gasteiger partial charge in [-0.2, -0.15) is 0 Å². The van der Waals surface area contributed by atoms with Crippen LogP contribution in [0.3, 0.4) is 0 Å². The largest absolute Gasteiger partial charge is 0.351 e. The van der Waals surface area contributed by atoms with Crippen LogP contribution in [0.15, 0.2) is 30.5 Å². The molecule has 1 aliphatic carbocycles. The molecular weight excluding hydrogens is 388 g/mol. The van der Waals surface area contributed by atoms with Gasteiger partial charge in [0.2, 0.25) is 0 Å². The van der Waals surface area contributed by atoms with Gasteiger partial charge in [0.1, 0.15) is 11.6 Å². The highest BCUT2D eigenvalue weighted by Gasteiger charge is 2.29. The lowest BCUT2D eigenvalue weighted by Gasteiger charge is -2.05. The second-order valence-electron chi connectivity index (χ2n) is 7.45. The van der Waals surface area contributed by atoms with Gasteiger partial charge in [0, 0.05) is 30.1 Å². The topological polar surface area (TPSA) is 88.0 Å². The predicted molar refractivity (Wildman–Crippen MR) is 111 cm³/mol. The molecule has 0 aliphatic heterocycles. The summed E-state index contributed by atoms with van der Waals surface area (Å²) in [7, 11) is 0. The van der Waals surface area contributed by atoms with E-state index in [-0.39, 0.29) is 5.91 Å². The van der Waals surface area contributed by atoms with Crippen LogP contribution in [0, 0.1) is 0 Å². The van der Waals surface area contributed by atoms with Gasteiger partial charge in [0.15, 0.2) is 5.65 Å². The third-order valence-electron chi connectivity index (χ3n) is 5.38. The molecule has 148 valence electrons. The normalized spacial score (nSPS) is 14.0. The zero-order valence-electron chi connectivity index (χ0n) is 16.1. The van der Waals surface area contributed by atoms with Crippen molar-refractivity contribution in [3.05, 3.63) is 58.3 Å². The highest BCUT2D eigenvalue weighted by atomic mass is 35.5. The maximum absolute atomic E-state index is 12.7. The van der Waals surface area contributed by atoms with E-state index in [1.807, 2.05) is 28.8 Å². The lowest BCUT2D eigenvalue weighted by molar-refractivity contribution is 0.0955. The number of hydrogen-bond donors (Lipinski definition) is 2. The van der Waals surface area contributed by atoms with Crippen LogP contribution < -0.4 is 5.32 Å². The molecular formula is C21H21ClN6O. The maximum atomic E-state index is 12.7. The van der Waals surface area contributed by atoms with Crippen molar-refractivity contribution in [1.29, 1.82) is 0 Å². The number of imidazole rings is 1. The summed E-state index contributed by atoms with van der Waals surface area (Å²) in [6, 6.07) is 7.57. The van der Waals surface area contributed by atoms with Crippen molar-refractivity contribution in [3.63, 3.8) is 0 Å². The molecule has 29 heavy (non-hydrogen) atoms. The molecule has 0 radical (unpaired) electrons. The number of aromatic amines is 1. The molecule has 3 aromatic heterocycles. The Morgan fingerprint density at radius 1 is 1.34 bits per heavy atom. The summed E-state index contributed by atoms with van der Waals surface area (Å²) in [4.78, 5) is 20.6. The fraction of sp³-hybridized carbons (Fsp3) is 0.333. The number of nitrogens with one attached hydrogen (secondary N) is 2. The van der Waals surface area contributed by atoms with E-state index in [1.165, 1.54) is 0 Å². The molecule has 8 heteroatoms. The number of halogens is 1. The minimum atomic E-state index is -0.155. The number of amides is 1. The molecule has 0 atom stereocenters. The summed E-state index contributed by atoms with van der Waals surface area (Å²) < 4.78 is 1.93. The Morgan fingerprint density at radius 3 is 3.00 bits per heavy atom. The van der Waals surface area contributed by atoms with Gasteiger partial charge >= 0.3 is 0 Å². The van der Waals surface area contributed by atoms with E-state index >= 15 is 0 Å². The molecule has 3 heterocycles. The molecule has 0 unspecified atom stereocenters. The van der Waals surface area contributed by atoms with E-state index in [2.05, 4.69) is 32.4 Å². The molecule has 7 nitrogen and oxygen atoms in total. The van der Waals surface area contributed by atoms with Crippen LogP contribution in [0.2, 0.25) is 5.02 Å². The molecule has 0 spiro atoms. The molecule has 1 saturated carbocycles. The maximum Gasteiger partial charge on any atom is 0.255 e. The van der Waals surface area contributed by atoms with E-state index < -0.39 is 0 Å². The summed E-state index contributed by atoms with van der Waals surface area (Å²) in [6.07, 6.45) is 5.67. The molecule has 0 saturated heterocycles. The van der Waals surface area contributed by atoms with Crippen molar-refractivity contribution < 1.29 is 4.79 Å². The summed E-state index contributed by atoms with van der Waals surface area (Å²) in [5, 5.41) is 12.2.